The number of rotatable bonds is 5. The first-order valence-electron chi connectivity index (χ1n) is 5.58. The normalized spacial score (nSPS) is 13.8. The highest BCUT2D eigenvalue weighted by Crippen LogP contribution is 2.34. The summed E-state index contributed by atoms with van der Waals surface area (Å²) in [6.07, 6.45) is 2.82. The number of hydrogen-bond donors (Lipinski definition) is 0. The first kappa shape index (κ1) is 12.7. The van der Waals surface area contributed by atoms with Crippen molar-refractivity contribution in [1.29, 1.82) is 10.5 Å². The van der Waals surface area contributed by atoms with Crippen LogP contribution < -0.4 is 0 Å². The van der Waals surface area contributed by atoms with E-state index < -0.39 is 0 Å². The van der Waals surface area contributed by atoms with E-state index in [1.807, 2.05) is 11.4 Å². The van der Waals surface area contributed by atoms with Crippen LogP contribution in [-0.4, -0.2) is 0 Å². The predicted molar refractivity (Wildman–Crippen MR) is 66.1 cm³/mol. The van der Waals surface area contributed by atoms with E-state index in [1.165, 1.54) is 4.88 Å². The lowest BCUT2D eigenvalue weighted by atomic mass is 9.87. The molecular formula is C13H16N2S. The van der Waals surface area contributed by atoms with Gasteiger partial charge < -0.3 is 0 Å². The minimum Gasteiger partial charge on any atom is -0.198 e. The molecule has 0 fully saturated rings. The molecule has 0 saturated heterocycles. The first-order valence-corrected chi connectivity index (χ1v) is 6.46. The van der Waals surface area contributed by atoms with Crippen LogP contribution in [0.2, 0.25) is 0 Å². The predicted octanol–water partition coefficient (Wildman–Crippen LogP) is 4.05. The van der Waals surface area contributed by atoms with Crippen LogP contribution in [0, 0.1) is 28.6 Å². The fraction of sp³-hybridized carbons (Fsp3) is 0.538. The van der Waals surface area contributed by atoms with Gasteiger partial charge in [0.05, 0.1) is 11.6 Å². The standard InChI is InChI=1S/C13H16N2S/c1-3-4-10(2)12(5-6-14)13-7-11(8-15)9-16-13/h7,9-10,12H,3-5H2,1-2H3. The Morgan fingerprint density at radius 2 is 2.19 bits per heavy atom. The molecule has 16 heavy (non-hydrogen) atoms. The van der Waals surface area contributed by atoms with Crippen LogP contribution in [0.25, 0.3) is 0 Å². The largest absolute Gasteiger partial charge is 0.198 e. The van der Waals surface area contributed by atoms with Crippen molar-refractivity contribution >= 4 is 11.3 Å². The van der Waals surface area contributed by atoms with Gasteiger partial charge in [0.1, 0.15) is 6.07 Å². The minimum absolute atomic E-state index is 0.289. The van der Waals surface area contributed by atoms with Gasteiger partial charge in [-0.2, -0.15) is 10.5 Å². The Morgan fingerprint density at radius 3 is 2.69 bits per heavy atom. The highest BCUT2D eigenvalue weighted by atomic mass is 32.1. The molecule has 1 aromatic heterocycles. The number of thiophene rings is 1. The molecule has 0 aliphatic rings. The smallest absolute Gasteiger partial charge is 0.100 e. The maximum atomic E-state index is 8.87. The maximum absolute atomic E-state index is 8.87. The molecule has 84 valence electrons. The zero-order valence-electron chi connectivity index (χ0n) is 9.73. The summed E-state index contributed by atoms with van der Waals surface area (Å²) >= 11 is 1.60. The van der Waals surface area contributed by atoms with Crippen molar-refractivity contribution in [2.45, 2.75) is 39.0 Å². The van der Waals surface area contributed by atoms with E-state index in [9.17, 15) is 0 Å². The second-order valence-corrected chi connectivity index (χ2v) is 5.03. The van der Waals surface area contributed by atoms with Crippen molar-refractivity contribution in [3.63, 3.8) is 0 Å². The molecule has 1 rings (SSSR count). The summed E-state index contributed by atoms with van der Waals surface area (Å²) in [6.45, 7) is 4.35. The molecule has 0 bridgehead atoms. The highest BCUT2D eigenvalue weighted by Gasteiger charge is 2.20. The number of nitrogens with zero attached hydrogens (tertiary/aromatic N) is 2. The maximum Gasteiger partial charge on any atom is 0.100 e. The Hall–Kier alpha value is -1.32. The van der Waals surface area contributed by atoms with Gasteiger partial charge in [-0.1, -0.05) is 26.7 Å². The van der Waals surface area contributed by atoms with Gasteiger partial charge >= 0.3 is 0 Å². The Balaban J connectivity index is 2.85. The summed E-state index contributed by atoms with van der Waals surface area (Å²) in [4.78, 5) is 1.18. The summed E-state index contributed by atoms with van der Waals surface area (Å²) in [5.41, 5.74) is 0.714. The van der Waals surface area contributed by atoms with Gasteiger partial charge in [-0.3, -0.25) is 0 Å². The van der Waals surface area contributed by atoms with Crippen molar-refractivity contribution in [1.82, 2.24) is 0 Å². The van der Waals surface area contributed by atoms with Crippen LogP contribution in [0.4, 0.5) is 0 Å². The fourth-order valence-electron chi connectivity index (χ4n) is 1.94. The Bertz CT molecular complexity index is 408. The monoisotopic (exact) mass is 232 g/mol. The molecule has 1 aromatic rings. The van der Waals surface area contributed by atoms with Crippen LogP contribution in [-0.2, 0) is 0 Å². The van der Waals surface area contributed by atoms with Gasteiger partial charge in [0.15, 0.2) is 0 Å². The van der Waals surface area contributed by atoms with Crippen LogP contribution in [0.3, 0.4) is 0 Å². The van der Waals surface area contributed by atoms with E-state index >= 15 is 0 Å². The fourth-order valence-corrected chi connectivity index (χ4v) is 3.01. The second kappa shape index (κ2) is 6.30. The van der Waals surface area contributed by atoms with Gasteiger partial charge in [0.2, 0.25) is 0 Å². The van der Waals surface area contributed by atoms with Crippen molar-refractivity contribution in [2.75, 3.05) is 0 Å². The summed E-state index contributed by atoms with van der Waals surface area (Å²) in [6, 6.07) is 6.33. The molecule has 0 radical (unpaired) electrons. The lowest BCUT2D eigenvalue weighted by molar-refractivity contribution is 0.433. The molecule has 0 amide bonds. The van der Waals surface area contributed by atoms with Gasteiger partial charge in [-0.25, -0.2) is 0 Å². The molecule has 3 heteroatoms. The summed E-state index contributed by atoms with van der Waals surface area (Å²) < 4.78 is 0. The third kappa shape index (κ3) is 3.08. The van der Waals surface area contributed by atoms with Crippen molar-refractivity contribution < 1.29 is 0 Å². The van der Waals surface area contributed by atoms with Crippen LogP contribution in [0.5, 0.6) is 0 Å². The summed E-state index contributed by atoms with van der Waals surface area (Å²) in [7, 11) is 0. The molecule has 0 spiro atoms. The van der Waals surface area contributed by atoms with Crippen LogP contribution in [0.1, 0.15) is 49.5 Å². The third-order valence-electron chi connectivity index (χ3n) is 2.86. The van der Waals surface area contributed by atoms with E-state index in [-0.39, 0.29) is 5.92 Å². The molecule has 1 heterocycles. The highest BCUT2D eigenvalue weighted by molar-refractivity contribution is 7.10. The molecule has 2 atom stereocenters. The molecular weight excluding hydrogens is 216 g/mol. The molecule has 0 N–H and O–H groups in total. The first-order chi connectivity index (χ1) is 7.72. The van der Waals surface area contributed by atoms with Gasteiger partial charge in [0, 0.05) is 22.6 Å². The van der Waals surface area contributed by atoms with E-state index in [4.69, 9.17) is 10.5 Å². The zero-order chi connectivity index (χ0) is 12.0. The Morgan fingerprint density at radius 1 is 1.44 bits per heavy atom. The SMILES string of the molecule is CCCC(C)C(CC#N)c1cc(C#N)cs1. The van der Waals surface area contributed by atoms with Crippen molar-refractivity contribution in [2.24, 2.45) is 5.92 Å². The van der Waals surface area contributed by atoms with Crippen molar-refractivity contribution in [3.8, 4) is 12.1 Å². The molecule has 0 aliphatic carbocycles. The summed E-state index contributed by atoms with van der Waals surface area (Å²) in [5.74, 6) is 0.798. The lowest BCUT2D eigenvalue weighted by Crippen LogP contribution is -2.07. The van der Waals surface area contributed by atoms with E-state index in [0.29, 0.717) is 17.9 Å². The average molecular weight is 232 g/mol. The quantitative estimate of drug-likeness (QED) is 0.768. The Kier molecular flexibility index (Phi) is 5.02. The van der Waals surface area contributed by atoms with Gasteiger partial charge in [-0.05, 0) is 12.0 Å². The van der Waals surface area contributed by atoms with Crippen molar-refractivity contribution in [3.05, 3.63) is 21.9 Å². The topological polar surface area (TPSA) is 47.6 Å². The lowest BCUT2D eigenvalue weighted by Gasteiger charge is -2.19. The van der Waals surface area contributed by atoms with E-state index in [0.717, 1.165) is 12.8 Å². The molecule has 2 unspecified atom stereocenters. The van der Waals surface area contributed by atoms with Crippen LogP contribution in [0.15, 0.2) is 11.4 Å². The average Bonchev–Trinajstić information content (AvgIpc) is 2.74. The van der Waals surface area contributed by atoms with Gasteiger partial charge in [-0.15, -0.1) is 11.3 Å². The number of hydrogen-bond acceptors (Lipinski definition) is 3. The Labute approximate surface area is 101 Å². The number of nitriles is 2. The minimum atomic E-state index is 0.289. The third-order valence-corrected chi connectivity index (χ3v) is 3.92. The molecule has 2 nitrogen and oxygen atoms in total. The van der Waals surface area contributed by atoms with Gasteiger partial charge in [0.25, 0.3) is 0 Å². The second-order valence-electron chi connectivity index (χ2n) is 4.08. The van der Waals surface area contributed by atoms with E-state index in [1.54, 1.807) is 11.3 Å². The zero-order valence-corrected chi connectivity index (χ0v) is 10.5. The van der Waals surface area contributed by atoms with E-state index in [2.05, 4.69) is 26.0 Å². The molecule has 0 saturated carbocycles. The van der Waals surface area contributed by atoms with Crippen LogP contribution >= 0.6 is 11.3 Å². The summed E-state index contributed by atoms with van der Waals surface area (Å²) in [5, 5.41) is 19.5. The molecule has 0 aromatic carbocycles. The molecule has 0 aliphatic heterocycles.